The molecule has 7 heteroatoms. The molecule has 6 nitrogen and oxygen atoms in total. The number of thiophene rings is 1. The first-order valence-corrected chi connectivity index (χ1v) is 12.2. The maximum Gasteiger partial charge on any atom is 0.193 e. The zero-order valence-electron chi connectivity index (χ0n) is 20.4. The van der Waals surface area contributed by atoms with Gasteiger partial charge in [-0.25, -0.2) is 4.98 Å². The molecule has 0 bridgehead atoms. The lowest BCUT2D eigenvalue weighted by Crippen LogP contribution is -2.07. The van der Waals surface area contributed by atoms with Crippen LogP contribution in [0.5, 0.6) is 0 Å². The summed E-state index contributed by atoms with van der Waals surface area (Å²) in [6.07, 6.45) is 4.12. The molecule has 4 aromatic rings. The largest absolute Gasteiger partial charge is 0.449 e. The number of aromatic nitrogens is 4. The van der Waals surface area contributed by atoms with Gasteiger partial charge in [-0.1, -0.05) is 45.0 Å². The second-order valence-corrected chi connectivity index (χ2v) is 9.82. The van der Waals surface area contributed by atoms with E-state index in [1.165, 1.54) is 32.1 Å². The average Bonchev–Trinajstić information content (AvgIpc) is 3.51. The predicted molar refractivity (Wildman–Crippen MR) is 134 cm³/mol. The van der Waals surface area contributed by atoms with Crippen molar-refractivity contribution in [2.24, 2.45) is 4.99 Å². The Labute approximate surface area is 199 Å². The topological polar surface area (TPSA) is 69.1 Å². The van der Waals surface area contributed by atoms with Crippen molar-refractivity contribution in [3.8, 4) is 5.00 Å². The first-order valence-electron chi connectivity index (χ1n) is 11.4. The number of aryl methyl sites for hydroxylation is 3. The van der Waals surface area contributed by atoms with E-state index in [-0.39, 0.29) is 6.04 Å². The number of rotatable bonds is 3. The van der Waals surface area contributed by atoms with E-state index >= 15 is 0 Å². The van der Waals surface area contributed by atoms with Gasteiger partial charge in [0.1, 0.15) is 23.1 Å². The van der Waals surface area contributed by atoms with Crippen LogP contribution < -0.4 is 0 Å². The molecule has 0 N–H and O–H groups in total. The minimum atomic E-state index is -0.0321. The summed E-state index contributed by atoms with van der Waals surface area (Å²) in [5, 5.41) is 9.91. The highest BCUT2D eigenvalue weighted by Crippen LogP contribution is 2.38. The first kappa shape index (κ1) is 23.1. The number of oxazole rings is 1. The Morgan fingerprint density at radius 3 is 2.39 bits per heavy atom. The number of fused-ring (bicyclic) bond motifs is 3. The zero-order chi connectivity index (χ0) is 23.7. The molecule has 0 saturated heterocycles. The van der Waals surface area contributed by atoms with Crippen LogP contribution in [0.3, 0.4) is 0 Å². The minimum absolute atomic E-state index is 0.0321. The van der Waals surface area contributed by atoms with E-state index in [2.05, 4.69) is 78.6 Å². The Morgan fingerprint density at radius 2 is 1.82 bits per heavy atom. The van der Waals surface area contributed by atoms with Crippen molar-refractivity contribution in [1.82, 2.24) is 19.7 Å². The number of benzene rings is 1. The second kappa shape index (κ2) is 9.43. The highest BCUT2D eigenvalue weighted by Gasteiger charge is 2.29. The second-order valence-electron chi connectivity index (χ2n) is 8.61. The van der Waals surface area contributed by atoms with E-state index in [0.717, 1.165) is 29.7 Å². The third-order valence-electron chi connectivity index (χ3n) is 5.99. The van der Waals surface area contributed by atoms with Gasteiger partial charge >= 0.3 is 0 Å². The monoisotopic (exact) mass is 461 g/mol. The summed E-state index contributed by atoms with van der Waals surface area (Å²) in [6.45, 7) is 14.9. The Kier molecular flexibility index (Phi) is 6.61. The summed E-state index contributed by atoms with van der Waals surface area (Å²) in [7, 11) is 0. The molecule has 5 rings (SSSR count). The molecule has 33 heavy (non-hydrogen) atoms. The Morgan fingerprint density at radius 1 is 1.09 bits per heavy atom. The average molecular weight is 462 g/mol. The smallest absolute Gasteiger partial charge is 0.193 e. The number of nitrogens with zero attached hydrogens (tertiary/aromatic N) is 5. The molecule has 0 fully saturated rings. The lowest BCUT2D eigenvalue weighted by atomic mass is 9.96. The number of hydrogen-bond donors (Lipinski definition) is 0. The van der Waals surface area contributed by atoms with Crippen LogP contribution in [0.4, 0.5) is 0 Å². The van der Waals surface area contributed by atoms with Crippen LogP contribution in [0.15, 0.2) is 46.1 Å². The lowest BCUT2D eigenvalue weighted by Gasteiger charge is -2.11. The molecule has 0 amide bonds. The Hall–Kier alpha value is -3.06. The molecule has 1 aliphatic rings. The van der Waals surface area contributed by atoms with Crippen molar-refractivity contribution >= 4 is 17.0 Å². The summed E-state index contributed by atoms with van der Waals surface area (Å²) in [5.41, 5.74) is 6.10. The van der Waals surface area contributed by atoms with Gasteiger partial charge in [0, 0.05) is 22.4 Å². The summed E-state index contributed by atoms with van der Waals surface area (Å²) >= 11 is 1.80. The minimum Gasteiger partial charge on any atom is -0.449 e. The van der Waals surface area contributed by atoms with Crippen molar-refractivity contribution < 1.29 is 4.42 Å². The van der Waals surface area contributed by atoms with Gasteiger partial charge in [-0.3, -0.25) is 9.56 Å². The Bertz CT molecular complexity index is 1260. The van der Waals surface area contributed by atoms with E-state index in [1.54, 1.807) is 23.8 Å². The van der Waals surface area contributed by atoms with E-state index in [9.17, 15) is 0 Å². The summed E-state index contributed by atoms with van der Waals surface area (Å²) in [5.74, 6) is 3.16. The highest BCUT2D eigenvalue weighted by molar-refractivity contribution is 7.15. The molecular formula is C26H31N5OS. The van der Waals surface area contributed by atoms with Gasteiger partial charge in [-0.2, -0.15) is 0 Å². The van der Waals surface area contributed by atoms with E-state index in [1.807, 2.05) is 13.8 Å². The summed E-state index contributed by atoms with van der Waals surface area (Å²) in [4.78, 5) is 10.3. The predicted octanol–water partition coefficient (Wildman–Crippen LogP) is 6.53. The van der Waals surface area contributed by atoms with Crippen LogP contribution in [0.2, 0.25) is 0 Å². The first-order chi connectivity index (χ1) is 15.8. The molecule has 1 unspecified atom stereocenters. The third kappa shape index (κ3) is 4.42. The van der Waals surface area contributed by atoms with Crippen LogP contribution in [0.1, 0.15) is 84.3 Å². The quantitative estimate of drug-likeness (QED) is 0.348. The van der Waals surface area contributed by atoms with Crippen molar-refractivity contribution in [2.75, 3.05) is 0 Å². The molecule has 1 atom stereocenters. The van der Waals surface area contributed by atoms with Crippen molar-refractivity contribution in [3.63, 3.8) is 0 Å². The van der Waals surface area contributed by atoms with Gasteiger partial charge in [0.25, 0.3) is 0 Å². The van der Waals surface area contributed by atoms with Gasteiger partial charge in [-0.15, -0.1) is 21.5 Å². The standard InChI is InChI=1S/C21H24N4S.C5H7NO/c1-11(2)16-7-9-17(10-8-16)19-18-12(3)14(5)26-21(18)25-15(6)23-24-20(25)13(4)22-19;1-2-5-6-3-4-7-5/h7-11,13H,1-6H3;3-4H,2H2,1H3. The van der Waals surface area contributed by atoms with Crippen LogP contribution >= 0.6 is 11.3 Å². The molecule has 0 radical (unpaired) electrons. The number of aliphatic imine (C=N–C) groups is 1. The van der Waals surface area contributed by atoms with Gasteiger partial charge < -0.3 is 4.42 Å². The van der Waals surface area contributed by atoms with Crippen LogP contribution in [-0.2, 0) is 6.42 Å². The molecule has 1 aliphatic heterocycles. The number of hydrogen-bond acceptors (Lipinski definition) is 6. The summed E-state index contributed by atoms with van der Waals surface area (Å²) < 4.78 is 7.06. The molecule has 3 aromatic heterocycles. The molecule has 172 valence electrons. The normalized spacial score (nSPS) is 14.8. The van der Waals surface area contributed by atoms with Crippen LogP contribution in [-0.4, -0.2) is 25.5 Å². The van der Waals surface area contributed by atoms with Crippen LogP contribution in [0.25, 0.3) is 5.00 Å². The molecule has 4 heterocycles. The molecule has 0 spiro atoms. The third-order valence-corrected chi connectivity index (χ3v) is 7.18. The SMILES string of the molecule is CCc1ncco1.Cc1sc2c(c1C)C(c1ccc(C(C)C)cc1)=NC(C)c1nnc(C)n1-2. The van der Waals surface area contributed by atoms with Crippen LogP contribution in [0, 0.1) is 20.8 Å². The fourth-order valence-electron chi connectivity index (χ4n) is 3.93. The van der Waals surface area contributed by atoms with Gasteiger partial charge in [0.05, 0.1) is 11.9 Å². The summed E-state index contributed by atoms with van der Waals surface area (Å²) in [6, 6.07) is 8.82. The van der Waals surface area contributed by atoms with E-state index in [0.29, 0.717) is 5.92 Å². The Balaban J connectivity index is 0.000000318. The van der Waals surface area contributed by atoms with Crippen molar-refractivity contribution in [1.29, 1.82) is 0 Å². The maximum absolute atomic E-state index is 5.09. The lowest BCUT2D eigenvalue weighted by molar-refractivity contribution is 0.501. The highest BCUT2D eigenvalue weighted by atomic mass is 32.1. The molecule has 0 aliphatic carbocycles. The van der Waals surface area contributed by atoms with E-state index < -0.39 is 0 Å². The van der Waals surface area contributed by atoms with Gasteiger partial charge in [0.15, 0.2) is 11.7 Å². The maximum atomic E-state index is 5.09. The zero-order valence-corrected chi connectivity index (χ0v) is 21.2. The van der Waals surface area contributed by atoms with Crippen molar-refractivity contribution in [3.05, 3.63) is 81.4 Å². The van der Waals surface area contributed by atoms with Crippen molar-refractivity contribution in [2.45, 2.75) is 66.8 Å². The fourth-order valence-corrected chi connectivity index (χ4v) is 5.15. The molecule has 1 aromatic carbocycles. The van der Waals surface area contributed by atoms with Gasteiger partial charge in [-0.05, 0) is 44.7 Å². The molecule has 0 saturated carbocycles. The van der Waals surface area contributed by atoms with Gasteiger partial charge in [0.2, 0.25) is 0 Å². The molecular weight excluding hydrogens is 430 g/mol. The fraction of sp³-hybridized carbons (Fsp3) is 0.385. The van der Waals surface area contributed by atoms with E-state index in [4.69, 9.17) is 9.41 Å².